The number of aromatic nitrogens is 2. The molecule has 0 aliphatic rings. The lowest BCUT2D eigenvalue weighted by Gasteiger charge is -2.10. The Labute approximate surface area is 103 Å². The van der Waals surface area contributed by atoms with Gasteiger partial charge in [0.2, 0.25) is 0 Å². The summed E-state index contributed by atoms with van der Waals surface area (Å²) in [6, 6.07) is 8.45. The van der Waals surface area contributed by atoms with Gasteiger partial charge in [0.1, 0.15) is 5.82 Å². The Morgan fingerprint density at radius 3 is 2.29 bits per heavy atom. The maximum absolute atomic E-state index is 4.66. The van der Waals surface area contributed by atoms with Crippen molar-refractivity contribution < 1.29 is 0 Å². The van der Waals surface area contributed by atoms with Crippen molar-refractivity contribution in [3.8, 4) is 5.82 Å². The summed E-state index contributed by atoms with van der Waals surface area (Å²) in [5.74, 6) is 0.998. The lowest BCUT2D eigenvalue weighted by molar-refractivity contribution is 0.917. The highest BCUT2D eigenvalue weighted by atomic mass is 15.1. The minimum absolute atomic E-state index is 0.998. The summed E-state index contributed by atoms with van der Waals surface area (Å²) >= 11 is 0. The van der Waals surface area contributed by atoms with Gasteiger partial charge in [-0.1, -0.05) is 6.08 Å². The Bertz CT molecular complexity index is 543. The summed E-state index contributed by atoms with van der Waals surface area (Å²) in [5, 5.41) is 0. The van der Waals surface area contributed by atoms with Gasteiger partial charge in [-0.2, -0.15) is 0 Å². The zero-order valence-corrected chi connectivity index (χ0v) is 10.9. The molecule has 0 bridgehead atoms. The van der Waals surface area contributed by atoms with Gasteiger partial charge in [-0.25, -0.2) is 4.98 Å². The highest BCUT2D eigenvalue weighted by molar-refractivity contribution is 5.48. The van der Waals surface area contributed by atoms with E-state index in [0.29, 0.717) is 0 Å². The molecule has 0 atom stereocenters. The molecular weight excluding hydrogens is 208 g/mol. The molecule has 0 saturated heterocycles. The third-order valence-electron chi connectivity index (χ3n) is 2.81. The molecule has 0 unspecified atom stereocenters. The molecule has 2 rings (SSSR count). The van der Waals surface area contributed by atoms with E-state index in [0.717, 1.165) is 11.5 Å². The number of hydrogen-bond acceptors (Lipinski definition) is 1. The SMILES string of the molecule is C/C=C/c1cc(C)cc(-n2c(C)ccc2C)n1. The van der Waals surface area contributed by atoms with Crippen molar-refractivity contribution in [1.29, 1.82) is 0 Å². The van der Waals surface area contributed by atoms with Crippen molar-refractivity contribution in [2.24, 2.45) is 0 Å². The van der Waals surface area contributed by atoms with Crippen LogP contribution >= 0.6 is 0 Å². The Morgan fingerprint density at radius 1 is 1.06 bits per heavy atom. The molecule has 0 fully saturated rings. The molecule has 88 valence electrons. The number of aryl methyl sites for hydroxylation is 3. The predicted octanol–water partition coefficient (Wildman–Crippen LogP) is 3.83. The summed E-state index contributed by atoms with van der Waals surface area (Å²) in [6.45, 7) is 8.32. The molecule has 17 heavy (non-hydrogen) atoms. The van der Waals surface area contributed by atoms with Crippen LogP contribution in [0.2, 0.25) is 0 Å². The van der Waals surface area contributed by atoms with E-state index >= 15 is 0 Å². The van der Waals surface area contributed by atoms with E-state index in [2.05, 4.69) is 54.6 Å². The molecule has 0 N–H and O–H groups in total. The van der Waals surface area contributed by atoms with E-state index < -0.39 is 0 Å². The molecular formula is C15H18N2. The number of pyridine rings is 1. The Hall–Kier alpha value is -1.83. The molecule has 2 nitrogen and oxygen atoms in total. The van der Waals surface area contributed by atoms with Gasteiger partial charge in [-0.3, -0.25) is 0 Å². The van der Waals surface area contributed by atoms with Crippen molar-refractivity contribution in [2.45, 2.75) is 27.7 Å². The van der Waals surface area contributed by atoms with E-state index in [1.807, 2.05) is 19.1 Å². The first-order chi connectivity index (χ1) is 8.11. The monoisotopic (exact) mass is 226 g/mol. The van der Waals surface area contributed by atoms with Gasteiger partial charge in [0.15, 0.2) is 0 Å². The van der Waals surface area contributed by atoms with Crippen LogP contribution in [0, 0.1) is 20.8 Å². The van der Waals surface area contributed by atoms with Crippen molar-refractivity contribution >= 4 is 6.08 Å². The van der Waals surface area contributed by atoms with Crippen LogP contribution in [-0.4, -0.2) is 9.55 Å². The molecule has 0 aliphatic carbocycles. The van der Waals surface area contributed by atoms with Crippen LogP contribution in [0.1, 0.15) is 29.6 Å². The topological polar surface area (TPSA) is 17.8 Å². The fraction of sp³-hybridized carbons (Fsp3) is 0.267. The van der Waals surface area contributed by atoms with Crippen molar-refractivity contribution in [3.63, 3.8) is 0 Å². The summed E-state index contributed by atoms with van der Waals surface area (Å²) < 4.78 is 2.18. The van der Waals surface area contributed by atoms with Crippen LogP contribution in [-0.2, 0) is 0 Å². The molecule has 0 spiro atoms. The van der Waals surface area contributed by atoms with Crippen LogP contribution in [0.5, 0.6) is 0 Å². The second-order valence-electron chi connectivity index (χ2n) is 4.38. The van der Waals surface area contributed by atoms with Crippen molar-refractivity contribution in [2.75, 3.05) is 0 Å². The normalized spacial score (nSPS) is 11.3. The average molecular weight is 226 g/mol. The van der Waals surface area contributed by atoms with Gasteiger partial charge in [0, 0.05) is 11.4 Å². The molecule has 2 heteroatoms. The average Bonchev–Trinajstić information content (AvgIpc) is 2.58. The molecule has 2 aromatic heterocycles. The van der Waals surface area contributed by atoms with Crippen LogP contribution in [0.3, 0.4) is 0 Å². The first kappa shape index (κ1) is 11.6. The van der Waals surface area contributed by atoms with Gasteiger partial charge >= 0.3 is 0 Å². The summed E-state index contributed by atoms with van der Waals surface area (Å²) in [4.78, 5) is 4.66. The Morgan fingerprint density at radius 2 is 1.71 bits per heavy atom. The first-order valence-electron chi connectivity index (χ1n) is 5.88. The van der Waals surface area contributed by atoms with Gasteiger partial charge in [0.25, 0.3) is 0 Å². The minimum atomic E-state index is 0.998. The second kappa shape index (κ2) is 4.58. The molecule has 0 radical (unpaired) electrons. The smallest absolute Gasteiger partial charge is 0.137 e. The van der Waals surface area contributed by atoms with Crippen molar-refractivity contribution in [1.82, 2.24) is 9.55 Å². The molecule has 0 amide bonds. The van der Waals surface area contributed by atoms with Crippen molar-refractivity contribution in [3.05, 3.63) is 53.0 Å². The van der Waals surface area contributed by atoms with E-state index in [1.165, 1.54) is 17.0 Å². The van der Waals surface area contributed by atoms with Gasteiger partial charge in [0.05, 0.1) is 5.69 Å². The second-order valence-corrected chi connectivity index (χ2v) is 4.38. The molecule has 0 aliphatic heterocycles. The minimum Gasteiger partial charge on any atom is -0.303 e. The molecule has 0 saturated carbocycles. The van der Waals surface area contributed by atoms with Crippen LogP contribution in [0.15, 0.2) is 30.3 Å². The highest BCUT2D eigenvalue weighted by Crippen LogP contribution is 2.17. The molecule has 2 aromatic rings. The van der Waals surface area contributed by atoms with E-state index in [-0.39, 0.29) is 0 Å². The highest BCUT2D eigenvalue weighted by Gasteiger charge is 2.06. The predicted molar refractivity (Wildman–Crippen MR) is 72.5 cm³/mol. The number of hydrogen-bond donors (Lipinski definition) is 0. The lowest BCUT2D eigenvalue weighted by atomic mass is 10.2. The largest absolute Gasteiger partial charge is 0.303 e. The van der Waals surface area contributed by atoms with E-state index in [4.69, 9.17) is 0 Å². The zero-order chi connectivity index (χ0) is 12.4. The summed E-state index contributed by atoms with van der Waals surface area (Å²) in [6.07, 6.45) is 4.05. The Balaban J connectivity index is 2.60. The third kappa shape index (κ3) is 2.31. The first-order valence-corrected chi connectivity index (χ1v) is 5.88. The van der Waals surface area contributed by atoms with E-state index in [9.17, 15) is 0 Å². The maximum Gasteiger partial charge on any atom is 0.137 e. The summed E-state index contributed by atoms with van der Waals surface area (Å²) in [5.41, 5.74) is 4.67. The zero-order valence-electron chi connectivity index (χ0n) is 10.9. The standard InChI is InChI=1S/C15H18N2/c1-5-6-14-9-11(2)10-15(16-14)17-12(3)7-8-13(17)4/h5-10H,1-4H3/b6-5+. The number of nitrogens with zero attached hydrogens (tertiary/aromatic N) is 2. The lowest BCUT2D eigenvalue weighted by Crippen LogP contribution is -2.03. The van der Waals surface area contributed by atoms with Gasteiger partial charge < -0.3 is 4.57 Å². The summed E-state index contributed by atoms with van der Waals surface area (Å²) in [7, 11) is 0. The van der Waals surface area contributed by atoms with Crippen LogP contribution in [0.4, 0.5) is 0 Å². The van der Waals surface area contributed by atoms with E-state index in [1.54, 1.807) is 0 Å². The van der Waals surface area contributed by atoms with Crippen LogP contribution in [0.25, 0.3) is 11.9 Å². The number of allylic oxidation sites excluding steroid dienone is 1. The fourth-order valence-corrected chi connectivity index (χ4v) is 2.08. The quantitative estimate of drug-likeness (QED) is 0.761. The fourth-order valence-electron chi connectivity index (χ4n) is 2.08. The Kier molecular flexibility index (Phi) is 3.14. The maximum atomic E-state index is 4.66. The number of rotatable bonds is 2. The molecule has 0 aromatic carbocycles. The van der Waals surface area contributed by atoms with Gasteiger partial charge in [-0.15, -0.1) is 0 Å². The van der Waals surface area contributed by atoms with Gasteiger partial charge in [-0.05, 0) is 63.6 Å². The van der Waals surface area contributed by atoms with Crippen LogP contribution < -0.4 is 0 Å². The molecule has 2 heterocycles. The third-order valence-corrected chi connectivity index (χ3v) is 2.81.